The van der Waals surface area contributed by atoms with Gasteiger partial charge in [-0.1, -0.05) is 35.4 Å². The monoisotopic (exact) mass is 337 g/mol. The van der Waals surface area contributed by atoms with Crippen molar-refractivity contribution in [2.24, 2.45) is 0 Å². The van der Waals surface area contributed by atoms with Crippen LogP contribution in [-0.2, 0) is 15.0 Å². The van der Waals surface area contributed by atoms with Crippen LogP contribution in [0, 0.1) is 0 Å². The highest BCUT2D eigenvalue weighted by molar-refractivity contribution is 6.21. The third-order valence-corrected chi connectivity index (χ3v) is 4.72. The summed E-state index contributed by atoms with van der Waals surface area (Å²) in [4.78, 5) is 42.9. The first-order valence-corrected chi connectivity index (χ1v) is 7.95. The Hall–Kier alpha value is -3.15. The number of amides is 2. The third kappa shape index (κ3) is 2.21. The molecule has 4 rings (SSSR count). The van der Waals surface area contributed by atoms with Gasteiger partial charge < -0.3 is 9.57 Å². The molecule has 0 bridgehead atoms. The predicted molar refractivity (Wildman–Crippen MR) is 86.9 cm³/mol. The quantitative estimate of drug-likeness (QED) is 0.787. The Morgan fingerprint density at radius 2 is 1.64 bits per heavy atom. The minimum absolute atomic E-state index is 0.234. The van der Waals surface area contributed by atoms with E-state index in [1.54, 1.807) is 37.3 Å². The van der Waals surface area contributed by atoms with Crippen molar-refractivity contribution in [3.05, 3.63) is 65.2 Å². The van der Waals surface area contributed by atoms with E-state index in [0.29, 0.717) is 29.4 Å². The van der Waals surface area contributed by atoms with Gasteiger partial charge in [0, 0.05) is 12.0 Å². The standard InChI is InChI=1S/C19H15NO5/c1-19(10-11-24-15-9-5-4-8-14(15)19)18(23)25-20-16(21)12-6-2-3-7-13(12)17(20)22/h2-9H,10-11H2,1H3. The summed E-state index contributed by atoms with van der Waals surface area (Å²) >= 11 is 0. The van der Waals surface area contributed by atoms with Gasteiger partial charge in [0.2, 0.25) is 0 Å². The topological polar surface area (TPSA) is 72.9 Å². The molecule has 126 valence electrons. The average Bonchev–Trinajstić information content (AvgIpc) is 2.87. The van der Waals surface area contributed by atoms with Gasteiger partial charge in [-0.15, -0.1) is 0 Å². The lowest BCUT2D eigenvalue weighted by atomic mass is 9.78. The highest BCUT2D eigenvalue weighted by Crippen LogP contribution is 2.40. The summed E-state index contributed by atoms with van der Waals surface area (Å²) in [6.45, 7) is 2.08. The Morgan fingerprint density at radius 3 is 2.32 bits per heavy atom. The maximum atomic E-state index is 12.9. The van der Waals surface area contributed by atoms with Crippen molar-refractivity contribution in [1.29, 1.82) is 0 Å². The van der Waals surface area contributed by atoms with Crippen LogP contribution in [0.25, 0.3) is 0 Å². The molecule has 2 aromatic carbocycles. The van der Waals surface area contributed by atoms with Gasteiger partial charge in [-0.25, -0.2) is 4.79 Å². The maximum absolute atomic E-state index is 12.9. The van der Waals surface area contributed by atoms with Crippen LogP contribution >= 0.6 is 0 Å². The summed E-state index contributed by atoms with van der Waals surface area (Å²) in [5, 5.41) is 0.552. The molecule has 0 spiro atoms. The molecule has 0 saturated heterocycles. The maximum Gasteiger partial charge on any atom is 0.343 e. The minimum atomic E-state index is -0.996. The Labute approximate surface area is 143 Å². The van der Waals surface area contributed by atoms with Crippen LogP contribution in [-0.4, -0.2) is 29.5 Å². The van der Waals surface area contributed by atoms with Crippen LogP contribution in [0.15, 0.2) is 48.5 Å². The average molecular weight is 337 g/mol. The highest BCUT2D eigenvalue weighted by atomic mass is 16.7. The molecule has 0 aliphatic carbocycles. The minimum Gasteiger partial charge on any atom is -0.493 e. The first-order valence-electron chi connectivity index (χ1n) is 7.95. The van der Waals surface area contributed by atoms with Gasteiger partial charge in [0.15, 0.2) is 0 Å². The van der Waals surface area contributed by atoms with E-state index in [4.69, 9.17) is 9.57 Å². The molecule has 6 nitrogen and oxygen atoms in total. The molecular weight excluding hydrogens is 322 g/mol. The summed E-state index contributed by atoms with van der Waals surface area (Å²) in [5.74, 6) is -1.30. The molecule has 2 aliphatic rings. The number of hydrogen-bond acceptors (Lipinski definition) is 5. The van der Waals surface area contributed by atoms with Gasteiger partial charge in [0.1, 0.15) is 5.75 Å². The number of carbonyl (C=O) groups is 3. The lowest BCUT2D eigenvalue weighted by Crippen LogP contribution is -2.44. The van der Waals surface area contributed by atoms with Gasteiger partial charge in [0.25, 0.3) is 11.8 Å². The second kappa shape index (κ2) is 5.44. The summed E-state index contributed by atoms with van der Waals surface area (Å²) in [6, 6.07) is 13.6. The number of benzene rings is 2. The third-order valence-electron chi connectivity index (χ3n) is 4.72. The molecule has 1 atom stereocenters. The fraction of sp³-hybridized carbons (Fsp3) is 0.211. The Morgan fingerprint density at radius 1 is 1.04 bits per heavy atom. The van der Waals surface area contributed by atoms with Crippen LogP contribution in [0.3, 0.4) is 0 Å². The van der Waals surface area contributed by atoms with Crippen molar-refractivity contribution in [3.8, 4) is 5.75 Å². The van der Waals surface area contributed by atoms with E-state index in [9.17, 15) is 14.4 Å². The zero-order valence-electron chi connectivity index (χ0n) is 13.5. The molecule has 0 aromatic heterocycles. The van der Waals surface area contributed by atoms with E-state index in [0.717, 1.165) is 0 Å². The summed E-state index contributed by atoms with van der Waals surface area (Å²) in [5.41, 5.74) is 0.156. The molecule has 2 amide bonds. The molecule has 0 N–H and O–H groups in total. The molecular formula is C19H15NO5. The van der Waals surface area contributed by atoms with Crippen molar-refractivity contribution in [2.75, 3.05) is 6.61 Å². The fourth-order valence-corrected chi connectivity index (χ4v) is 3.19. The number of hydroxylamine groups is 2. The molecule has 0 radical (unpaired) electrons. The lowest BCUT2D eigenvalue weighted by Gasteiger charge is -2.33. The molecule has 2 aromatic rings. The van der Waals surface area contributed by atoms with Gasteiger partial charge in [0.05, 0.1) is 23.1 Å². The van der Waals surface area contributed by atoms with Crippen LogP contribution in [0.5, 0.6) is 5.75 Å². The van der Waals surface area contributed by atoms with Gasteiger partial charge in [-0.3, -0.25) is 9.59 Å². The number of ether oxygens (including phenoxy) is 1. The largest absolute Gasteiger partial charge is 0.493 e. The number of hydrogen-bond donors (Lipinski definition) is 0. The van der Waals surface area contributed by atoms with Crippen LogP contribution in [0.1, 0.15) is 39.6 Å². The summed E-state index contributed by atoms with van der Waals surface area (Å²) < 4.78 is 5.58. The number of carbonyl (C=O) groups excluding carboxylic acids is 3. The van der Waals surface area contributed by atoms with Crippen molar-refractivity contribution >= 4 is 17.8 Å². The fourth-order valence-electron chi connectivity index (χ4n) is 3.19. The van der Waals surface area contributed by atoms with Crippen molar-refractivity contribution in [2.45, 2.75) is 18.8 Å². The van der Waals surface area contributed by atoms with E-state index in [1.807, 2.05) is 6.07 Å². The van der Waals surface area contributed by atoms with Crippen LogP contribution < -0.4 is 4.74 Å². The molecule has 6 heteroatoms. The van der Waals surface area contributed by atoms with E-state index in [-0.39, 0.29) is 11.1 Å². The van der Waals surface area contributed by atoms with E-state index in [2.05, 4.69) is 0 Å². The number of para-hydroxylation sites is 1. The predicted octanol–water partition coefficient (Wildman–Crippen LogP) is 2.48. The SMILES string of the molecule is CC1(C(=O)ON2C(=O)c3ccccc3C2=O)CCOc2ccccc21. The molecule has 25 heavy (non-hydrogen) atoms. The van der Waals surface area contributed by atoms with Crippen LogP contribution in [0.4, 0.5) is 0 Å². The van der Waals surface area contributed by atoms with Gasteiger partial charge in [-0.2, -0.15) is 0 Å². The summed E-state index contributed by atoms with van der Waals surface area (Å²) in [7, 11) is 0. The zero-order valence-corrected chi connectivity index (χ0v) is 13.5. The van der Waals surface area contributed by atoms with Crippen molar-refractivity contribution in [3.63, 3.8) is 0 Å². The molecule has 1 unspecified atom stereocenters. The first-order chi connectivity index (χ1) is 12.0. The molecule has 2 aliphatic heterocycles. The van der Waals surface area contributed by atoms with E-state index < -0.39 is 23.2 Å². The number of rotatable bonds is 2. The second-order valence-corrected chi connectivity index (χ2v) is 6.26. The van der Waals surface area contributed by atoms with Gasteiger partial charge in [-0.05, 0) is 25.1 Å². The Kier molecular flexibility index (Phi) is 3.35. The van der Waals surface area contributed by atoms with Crippen molar-refractivity contribution < 1.29 is 24.0 Å². The number of fused-ring (bicyclic) bond motifs is 2. The number of imide groups is 1. The van der Waals surface area contributed by atoms with Gasteiger partial charge >= 0.3 is 5.97 Å². The van der Waals surface area contributed by atoms with E-state index in [1.165, 1.54) is 12.1 Å². The normalized spacial score (nSPS) is 21.4. The first kappa shape index (κ1) is 15.4. The Balaban J connectivity index is 1.64. The van der Waals surface area contributed by atoms with E-state index >= 15 is 0 Å². The molecule has 2 heterocycles. The zero-order chi connectivity index (χ0) is 17.6. The second-order valence-electron chi connectivity index (χ2n) is 6.26. The number of nitrogens with zero attached hydrogens (tertiary/aromatic N) is 1. The molecule has 0 saturated carbocycles. The van der Waals surface area contributed by atoms with Crippen LogP contribution in [0.2, 0.25) is 0 Å². The Bertz CT molecular complexity index is 871. The lowest BCUT2D eigenvalue weighted by molar-refractivity contribution is -0.176. The smallest absolute Gasteiger partial charge is 0.343 e. The summed E-state index contributed by atoms with van der Waals surface area (Å²) in [6.07, 6.45) is 0.395. The highest BCUT2D eigenvalue weighted by Gasteiger charge is 2.46. The van der Waals surface area contributed by atoms with Crippen molar-refractivity contribution in [1.82, 2.24) is 5.06 Å². The molecule has 0 fully saturated rings.